The fraction of sp³-hybridized carbons (Fsp3) is 0.333. The van der Waals surface area contributed by atoms with E-state index in [2.05, 4.69) is 35.3 Å². The summed E-state index contributed by atoms with van der Waals surface area (Å²) >= 11 is 0. The van der Waals surface area contributed by atoms with Gasteiger partial charge in [0.25, 0.3) is 5.56 Å². The van der Waals surface area contributed by atoms with Gasteiger partial charge in [-0.1, -0.05) is 30.3 Å². The number of aromatic nitrogens is 3. The van der Waals surface area contributed by atoms with Crippen molar-refractivity contribution in [2.45, 2.75) is 13.0 Å². The summed E-state index contributed by atoms with van der Waals surface area (Å²) in [6.07, 6.45) is 5.84. The molecular formula is C21H24N4O2. The van der Waals surface area contributed by atoms with Gasteiger partial charge in [0.2, 0.25) is 0 Å². The summed E-state index contributed by atoms with van der Waals surface area (Å²) < 4.78 is 9.06. The molecule has 27 heavy (non-hydrogen) atoms. The average molecular weight is 364 g/mol. The molecule has 1 fully saturated rings. The zero-order valence-electron chi connectivity index (χ0n) is 15.7. The van der Waals surface area contributed by atoms with E-state index in [1.165, 1.54) is 5.56 Å². The van der Waals surface area contributed by atoms with Crippen molar-refractivity contribution in [3.8, 4) is 11.1 Å². The Morgan fingerprint density at radius 3 is 2.59 bits per heavy atom. The number of anilines is 1. The standard InChI is InChI=1S/C21H24N4O2/c1-16(17-6-4-3-5-7-17)25-14-18(13-22-25)19-15-23(2)21(26)12-20(19)24-8-10-27-11-9-24/h3-7,12-16H,8-11H2,1-2H3. The highest BCUT2D eigenvalue weighted by atomic mass is 16.5. The lowest BCUT2D eigenvalue weighted by molar-refractivity contribution is 0.122. The van der Waals surface area contributed by atoms with E-state index in [0.29, 0.717) is 13.2 Å². The van der Waals surface area contributed by atoms with Crippen LogP contribution in [0.4, 0.5) is 5.69 Å². The van der Waals surface area contributed by atoms with Gasteiger partial charge in [-0.15, -0.1) is 0 Å². The Labute approximate surface area is 158 Å². The third kappa shape index (κ3) is 3.53. The molecule has 0 amide bonds. The average Bonchev–Trinajstić information content (AvgIpc) is 3.20. The van der Waals surface area contributed by atoms with Crippen molar-refractivity contribution in [1.29, 1.82) is 0 Å². The number of nitrogens with zero attached hydrogens (tertiary/aromatic N) is 4. The minimum Gasteiger partial charge on any atom is -0.378 e. The van der Waals surface area contributed by atoms with Crippen LogP contribution in [0.1, 0.15) is 18.5 Å². The lowest BCUT2D eigenvalue weighted by Gasteiger charge is -2.30. The summed E-state index contributed by atoms with van der Waals surface area (Å²) in [6, 6.07) is 12.2. The molecule has 0 radical (unpaired) electrons. The molecule has 1 atom stereocenters. The van der Waals surface area contributed by atoms with Crippen LogP contribution in [0.5, 0.6) is 0 Å². The first kappa shape index (κ1) is 17.5. The molecule has 2 aromatic heterocycles. The lowest BCUT2D eigenvalue weighted by atomic mass is 10.1. The van der Waals surface area contributed by atoms with E-state index >= 15 is 0 Å². The highest BCUT2D eigenvalue weighted by Gasteiger charge is 2.19. The molecule has 1 saturated heterocycles. The van der Waals surface area contributed by atoms with Gasteiger partial charge in [0.15, 0.2) is 0 Å². The molecule has 4 rings (SSSR count). The predicted molar refractivity (Wildman–Crippen MR) is 106 cm³/mol. The first-order chi connectivity index (χ1) is 13.1. The highest BCUT2D eigenvalue weighted by Crippen LogP contribution is 2.31. The molecule has 0 saturated carbocycles. The van der Waals surface area contributed by atoms with Gasteiger partial charge in [0.1, 0.15) is 0 Å². The minimum absolute atomic E-state index is 0.00899. The van der Waals surface area contributed by atoms with Gasteiger partial charge in [-0.2, -0.15) is 5.10 Å². The van der Waals surface area contributed by atoms with Crippen LogP contribution in [0.25, 0.3) is 11.1 Å². The largest absolute Gasteiger partial charge is 0.378 e. The minimum atomic E-state index is -0.00899. The Kier molecular flexibility index (Phi) is 4.81. The number of hydrogen-bond donors (Lipinski definition) is 0. The third-order valence-electron chi connectivity index (χ3n) is 5.15. The molecule has 6 nitrogen and oxygen atoms in total. The van der Waals surface area contributed by atoms with E-state index < -0.39 is 0 Å². The molecule has 0 bridgehead atoms. The molecule has 1 aliphatic rings. The predicted octanol–water partition coefficient (Wildman–Crippen LogP) is 2.69. The van der Waals surface area contributed by atoms with E-state index in [-0.39, 0.29) is 11.6 Å². The van der Waals surface area contributed by atoms with Crippen molar-refractivity contribution >= 4 is 5.69 Å². The Balaban J connectivity index is 1.72. The second kappa shape index (κ2) is 7.40. The SMILES string of the molecule is CC(c1ccccc1)n1cc(-c2cn(C)c(=O)cc2N2CCOCC2)cn1. The fourth-order valence-electron chi connectivity index (χ4n) is 3.48. The van der Waals surface area contributed by atoms with Gasteiger partial charge in [-0.05, 0) is 12.5 Å². The first-order valence-corrected chi connectivity index (χ1v) is 9.26. The summed E-state index contributed by atoms with van der Waals surface area (Å²) in [5.41, 5.74) is 4.18. The van der Waals surface area contributed by atoms with Gasteiger partial charge in [0, 0.05) is 49.7 Å². The molecule has 3 heterocycles. The van der Waals surface area contributed by atoms with Crippen LogP contribution >= 0.6 is 0 Å². The van der Waals surface area contributed by atoms with Crippen LogP contribution in [0.2, 0.25) is 0 Å². The van der Waals surface area contributed by atoms with Crippen molar-refractivity contribution in [3.63, 3.8) is 0 Å². The van der Waals surface area contributed by atoms with Gasteiger partial charge in [0.05, 0.1) is 31.1 Å². The summed E-state index contributed by atoms with van der Waals surface area (Å²) in [6.45, 7) is 5.07. The third-order valence-corrected chi connectivity index (χ3v) is 5.15. The van der Waals surface area contributed by atoms with Crippen LogP contribution in [-0.4, -0.2) is 40.7 Å². The van der Waals surface area contributed by atoms with Crippen molar-refractivity contribution in [2.24, 2.45) is 7.05 Å². The van der Waals surface area contributed by atoms with Crippen LogP contribution in [0.3, 0.4) is 0 Å². The fourth-order valence-corrected chi connectivity index (χ4v) is 3.48. The molecule has 3 aromatic rings. The molecule has 1 aromatic carbocycles. The van der Waals surface area contributed by atoms with E-state index in [9.17, 15) is 4.79 Å². The maximum absolute atomic E-state index is 12.2. The normalized spacial score (nSPS) is 15.7. The molecule has 0 aliphatic carbocycles. The molecule has 1 aliphatic heterocycles. The smallest absolute Gasteiger partial charge is 0.252 e. The molecule has 6 heteroatoms. The number of aryl methyl sites for hydroxylation is 1. The number of benzene rings is 1. The Bertz CT molecular complexity index is 971. The highest BCUT2D eigenvalue weighted by molar-refractivity contribution is 5.77. The Morgan fingerprint density at radius 1 is 1.11 bits per heavy atom. The number of rotatable bonds is 4. The number of morpholine rings is 1. The van der Waals surface area contributed by atoms with Crippen molar-refractivity contribution in [2.75, 3.05) is 31.2 Å². The molecule has 0 N–H and O–H groups in total. The second-order valence-electron chi connectivity index (χ2n) is 6.92. The quantitative estimate of drug-likeness (QED) is 0.714. The van der Waals surface area contributed by atoms with Crippen molar-refractivity contribution in [3.05, 3.63) is 70.9 Å². The van der Waals surface area contributed by atoms with Crippen LogP contribution in [0.15, 0.2) is 59.8 Å². The van der Waals surface area contributed by atoms with Crippen molar-refractivity contribution in [1.82, 2.24) is 14.3 Å². The maximum Gasteiger partial charge on any atom is 0.252 e. The first-order valence-electron chi connectivity index (χ1n) is 9.26. The maximum atomic E-state index is 12.2. The van der Waals surface area contributed by atoms with Crippen LogP contribution in [0, 0.1) is 0 Å². The van der Waals surface area contributed by atoms with E-state index in [1.54, 1.807) is 17.7 Å². The number of pyridine rings is 1. The van der Waals surface area contributed by atoms with Crippen LogP contribution < -0.4 is 10.5 Å². The summed E-state index contributed by atoms with van der Waals surface area (Å²) in [4.78, 5) is 14.5. The van der Waals surface area contributed by atoms with Crippen molar-refractivity contribution < 1.29 is 4.74 Å². The number of hydrogen-bond acceptors (Lipinski definition) is 4. The van der Waals surface area contributed by atoms with E-state index in [4.69, 9.17) is 4.74 Å². The molecule has 1 unspecified atom stereocenters. The summed E-state index contributed by atoms with van der Waals surface area (Å²) in [5.74, 6) is 0. The zero-order valence-corrected chi connectivity index (χ0v) is 15.7. The van der Waals surface area contributed by atoms with Gasteiger partial charge in [-0.3, -0.25) is 9.48 Å². The van der Waals surface area contributed by atoms with E-state index in [0.717, 1.165) is 29.9 Å². The molecule has 0 spiro atoms. The topological polar surface area (TPSA) is 52.3 Å². The summed E-state index contributed by atoms with van der Waals surface area (Å²) in [7, 11) is 1.78. The Hall–Kier alpha value is -2.86. The zero-order chi connectivity index (χ0) is 18.8. The van der Waals surface area contributed by atoms with E-state index in [1.807, 2.05) is 35.3 Å². The van der Waals surface area contributed by atoms with Gasteiger partial charge >= 0.3 is 0 Å². The molecular weight excluding hydrogens is 340 g/mol. The second-order valence-corrected chi connectivity index (χ2v) is 6.92. The van der Waals surface area contributed by atoms with Crippen LogP contribution in [-0.2, 0) is 11.8 Å². The monoisotopic (exact) mass is 364 g/mol. The summed E-state index contributed by atoms with van der Waals surface area (Å²) in [5, 5.41) is 4.59. The van der Waals surface area contributed by atoms with Gasteiger partial charge < -0.3 is 14.2 Å². The Morgan fingerprint density at radius 2 is 1.85 bits per heavy atom. The number of ether oxygens (including phenoxy) is 1. The lowest BCUT2D eigenvalue weighted by Crippen LogP contribution is -2.37. The molecule has 140 valence electrons. The van der Waals surface area contributed by atoms with Gasteiger partial charge in [-0.25, -0.2) is 0 Å².